The van der Waals surface area contributed by atoms with Gasteiger partial charge in [0.1, 0.15) is 17.8 Å². The standard InChI is InChI=1S/C46H66N4O7S/c1-32(2)29-57-41(52)17-15-13-11-9-8-10-12-14-16-40(51)49-43(46(4,5)6)45(54)50-28-38(56-30-35-20-24-37(55-7)25-21-35)26-39(50)44(53)47-27-34-18-22-36(23-19-34)42-33(3)48-31-58-42/h18-25,31-32,38-39,43H,8-17,26-30H2,1-7H3,(H,47,53)(H,49,51)/t38-,39+,43-/m1/s1. The summed E-state index contributed by atoms with van der Waals surface area (Å²) in [5.74, 6) is 0.294. The smallest absolute Gasteiger partial charge is 0.305 e. The molecule has 58 heavy (non-hydrogen) atoms. The van der Waals surface area contributed by atoms with Crippen LogP contribution < -0.4 is 15.4 Å². The van der Waals surface area contributed by atoms with Crippen LogP contribution >= 0.6 is 11.3 Å². The summed E-state index contributed by atoms with van der Waals surface area (Å²) in [6, 6.07) is 14.1. The van der Waals surface area contributed by atoms with E-state index in [4.69, 9.17) is 14.2 Å². The molecular formula is C46H66N4O7S. The average Bonchev–Trinajstić information content (AvgIpc) is 3.84. The second kappa shape index (κ2) is 23.3. The van der Waals surface area contributed by atoms with E-state index in [0.717, 1.165) is 84.4 Å². The zero-order chi connectivity index (χ0) is 42.1. The van der Waals surface area contributed by atoms with Gasteiger partial charge in [0.15, 0.2) is 0 Å². The van der Waals surface area contributed by atoms with Crippen LogP contribution in [-0.4, -0.2) is 72.0 Å². The van der Waals surface area contributed by atoms with Gasteiger partial charge in [0.05, 0.1) is 42.5 Å². The SMILES string of the molecule is COc1ccc(CO[C@@H]2C[C@@H](C(=O)NCc3ccc(-c4scnc4C)cc3)N(C(=O)[C@@H](NC(=O)CCCCCCCCCCC(=O)OCC(C)C)C(C)(C)C)C2)cc1. The van der Waals surface area contributed by atoms with E-state index in [1.54, 1.807) is 23.3 Å². The second-order valence-corrected chi connectivity index (χ2v) is 17.8. The Balaban J connectivity index is 1.30. The third kappa shape index (κ3) is 15.1. The lowest BCUT2D eigenvalue weighted by Gasteiger charge is -2.35. The summed E-state index contributed by atoms with van der Waals surface area (Å²) in [4.78, 5) is 60.5. The molecule has 1 aromatic heterocycles. The molecule has 0 bridgehead atoms. The number of carbonyl (C=O) groups is 4. The molecule has 2 aromatic carbocycles. The fourth-order valence-corrected chi connectivity index (χ4v) is 7.81. The first-order valence-electron chi connectivity index (χ1n) is 21.0. The Morgan fingerprint density at radius 3 is 2.09 bits per heavy atom. The van der Waals surface area contributed by atoms with Crippen molar-refractivity contribution in [1.29, 1.82) is 0 Å². The number of aromatic nitrogens is 1. The molecule has 11 nitrogen and oxygen atoms in total. The number of benzene rings is 2. The van der Waals surface area contributed by atoms with Crippen LogP contribution in [-0.2, 0) is 41.8 Å². The molecule has 1 fully saturated rings. The third-order valence-corrected chi connectivity index (χ3v) is 11.4. The first-order valence-corrected chi connectivity index (χ1v) is 21.9. The van der Waals surface area contributed by atoms with E-state index in [-0.39, 0.29) is 36.3 Å². The number of nitrogens with one attached hydrogen (secondary N) is 2. The van der Waals surface area contributed by atoms with E-state index >= 15 is 0 Å². The maximum atomic E-state index is 14.4. The van der Waals surface area contributed by atoms with E-state index in [1.807, 2.05) is 95.6 Å². The quantitative estimate of drug-likeness (QED) is 0.0718. The Bertz CT molecular complexity index is 1740. The minimum absolute atomic E-state index is 0.108. The highest BCUT2D eigenvalue weighted by Gasteiger charge is 2.45. The molecule has 1 aliphatic rings. The number of unbranched alkanes of at least 4 members (excludes halogenated alkanes) is 7. The summed E-state index contributed by atoms with van der Waals surface area (Å²) in [6.45, 7) is 13.2. The Hall–Kier alpha value is -4.29. The van der Waals surface area contributed by atoms with Crippen LogP contribution in [0.25, 0.3) is 10.4 Å². The highest BCUT2D eigenvalue weighted by Crippen LogP contribution is 2.29. The van der Waals surface area contributed by atoms with E-state index in [0.29, 0.717) is 44.9 Å². The molecule has 0 unspecified atom stereocenters. The lowest BCUT2D eigenvalue weighted by atomic mass is 9.85. The van der Waals surface area contributed by atoms with Gasteiger partial charge in [0.25, 0.3) is 0 Å². The average molecular weight is 819 g/mol. The van der Waals surface area contributed by atoms with Crippen LogP contribution in [0, 0.1) is 18.3 Å². The molecular weight excluding hydrogens is 753 g/mol. The number of esters is 1. The van der Waals surface area contributed by atoms with Gasteiger partial charge in [-0.1, -0.05) is 110 Å². The number of ether oxygens (including phenoxy) is 3. The molecule has 3 amide bonds. The van der Waals surface area contributed by atoms with Crippen molar-refractivity contribution in [3.05, 3.63) is 70.9 Å². The van der Waals surface area contributed by atoms with Crippen LogP contribution in [0.3, 0.4) is 0 Å². The minimum atomic E-state index is -0.818. The number of thiazole rings is 1. The van der Waals surface area contributed by atoms with Gasteiger partial charge >= 0.3 is 5.97 Å². The van der Waals surface area contributed by atoms with Crippen molar-refractivity contribution in [2.24, 2.45) is 11.3 Å². The van der Waals surface area contributed by atoms with Gasteiger partial charge in [-0.3, -0.25) is 19.2 Å². The van der Waals surface area contributed by atoms with E-state index in [1.165, 1.54) is 0 Å². The summed E-state index contributed by atoms with van der Waals surface area (Å²) in [7, 11) is 1.62. The van der Waals surface area contributed by atoms with Crippen molar-refractivity contribution in [1.82, 2.24) is 20.5 Å². The number of methoxy groups -OCH3 is 1. The lowest BCUT2D eigenvalue weighted by Crippen LogP contribution is -2.57. The fraction of sp³-hybridized carbons (Fsp3) is 0.587. The van der Waals surface area contributed by atoms with Crippen LogP contribution in [0.15, 0.2) is 54.0 Å². The van der Waals surface area contributed by atoms with Crippen LogP contribution in [0.2, 0.25) is 0 Å². The summed E-state index contributed by atoms with van der Waals surface area (Å²) in [5, 5.41) is 6.12. The molecule has 2 heterocycles. The molecule has 0 saturated carbocycles. The molecule has 0 spiro atoms. The van der Waals surface area contributed by atoms with Crippen molar-refractivity contribution in [3.63, 3.8) is 0 Å². The van der Waals surface area contributed by atoms with Crippen LogP contribution in [0.5, 0.6) is 5.75 Å². The Morgan fingerprint density at radius 2 is 1.50 bits per heavy atom. The van der Waals surface area contributed by atoms with Crippen LogP contribution in [0.4, 0.5) is 0 Å². The van der Waals surface area contributed by atoms with Crippen molar-refractivity contribution < 1.29 is 33.4 Å². The molecule has 0 aliphatic carbocycles. The van der Waals surface area contributed by atoms with Gasteiger partial charge in [0.2, 0.25) is 17.7 Å². The van der Waals surface area contributed by atoms with Gasteiger partial charge in [-0.2, -0.15) is 0 Å². The molecule has 12 heteroatoms. The first-order chi connectivity index (χ1) is 27.7. The second-order valence-electron chi connectivity index (χ2n) is 17.0. The monoisotopic (exact) mass is 818 g/mol. The predicted molar refractivity (Wildman–Crippen MR) is 229 cm³/mol. The summed E-state index contributed by atoms with van der Waals surface area (Å²) < 4.78 is 16.8. The zero-order valence-corrected chi connectivity index (χ0v) is 36.6. The van der Waals surface area contributed by atoms with E-state index in [9.17, 15) is 19.2 Å². The van der Waals surface area contributed by atoms with Gasteiger partial charge < -0.3 is 29.7 Å². The maximum absolute atomic E-state index is 14.4. The number of aryl methyl sites for hydroxylation is 1. The number of carbonyl (C=O) groups excluding carboxylic acids is 4. The Kier molecular flexibility index (Phi) is 18.7. The summed E-state index contributed by atoms with van der Waals surface area (Å²) in [6.07, 6.45) is 8.61. The molecule has 3 aromatic rings. The zero-order valence-electron chi connectivity index (χ0n) is 35.8. The van der Waals surface area contributed by atoms with Crippen molar-refractivity contribution >= 4 is 35.0 Å². The summed E-state index contributed by atoms with van der Waals surface area (Å²) in [5.41, 5.74) is 5.20. The topological polar surface area (TPSA) is 136 Å². The first kappa shape index (κ1) is 46.4. The molecule has 1 saturated heterocycles. The number of hydrogen-bond acceptors (Lipinski definition) is 9. The highest BCUT2D eigenvalue weighted by molar-refractivity contribution is 7.13. The van der Waals surface area contributed by atoms with Crippen molar-refractivity contribution in [2.75, 3.05) is 20.3 Å². The van der Waals surface area contributed by atoms with Gasteiger partial charge in [0, 0.05) is 32.4 Å². The molecule has 0 radical (unpaired) electrons. The van der Waals surface area contributed by atoms with Crippen molar-refractivity contribution in [3.8, 4) is 16.2 Å². The van der Waals surface area contributed by atoms with Gasteiger partial charge in [-0.15, -0.1) is 11.3 Å². The number of amides is 3. The van der Waals surface area contributed by atoms with Crippen molar-refractivity contribution in [2.45, 2.75) is 144 Å². The van der Waals surface area contributed by atoms with Gasteiger partial charge in [-0.05, 0) is 59.9 Å². The number of nitrogens with zero attached hydrogens (tertiary/aromatic N) is 2. The normalized spacial score (nSPS) is 16.0. The minimum Gasteiger partial charge on any atom is -0.497 e. The summed E-state index contributed by atoms with van der Waals surface area (Å²) >= 11 is 1.60. The maximum Gasteiger partial charge on any atom is 0.305 e. The Morgan fingerprint density at radius 1 is 0.879 bits per heavy atom. The lowest BCUT2D eigenvalue weighted by molar-refractivity contribution is -0.144. The van der Waals surface area contributed by atoms with Crippen LogP contribution in [0.1, 0.15) is 122 Å². The number of hydrogen-bond donors (Lipinski definition) is 2. The predicted octanol–water partition coefficient (Wildman–Crippen LogP) is 8.56. The fourth-order valence-electron chi connectivity index (χ4n) is 7.00. The molecule has 3 atom stereocenters. The largest absolute Gasteiger partial charge is 0.497 e. The third-order valence-electron chi connectivity index (χ3n) is 10.5. The highest BCUT2D eigenvalue weighted by atomic mass is 32.1. The van der Waals surface area contributed by atoms with E-state index in [2.05, 4.69) is 15.6 Å². The van der Waals surface area contributed by atoms with Gasteiger partial charge in [-0.25, -0.2) is 4.98 Å². The Labute approximate surface area is 350 Å². The molecule has 4 rings (SSSR count). The number of likely N-dealkylation sites (tertiary alicyclic amines) is 1. The number of rotatable bonds is 23. The molecule has 318 valence electrons. The molecule has 1 aliphatic heterocycles. The molecule has 2 N–H and O–H groups in total. The van der Waals surface area contributed by atoms with E-state index < -0.39 is 17.5 Å².